The molecule has 2 aromatic rings. The van der Waals surface area contributed by atoms with Crippen molar-refractivity contribution in [1.29, 1.82) is 0 Å². The van der Waals surface area contributed by atoms with Crippen molar-refractivity contribution in [1.82, 2.24) is 35.6 Å². The first-order chi connectivity index (χ1) is 22.8. The number of hydrogen-bond acceptors (Lipinski definition) is 10. The third kappa shape index (κ3) is 8.43. The molecular weight excluding hydrogens is 598 g/mol. The molecule has 13 nitrogen and oxygen atoms in total. The predicted octanol–water partition coefficient (Wildman–Crippen LogP) is 1.78. The van der Waals surface area contributed by atoms with Crippen molar-refractivity contribution in [2.24, 2.45) is 5.92 Å². The molecule has 0 bridgehead atoms. The molecule has 0 aromatic carbocycles. The quantitative estimate of drug-likeness (QED) is 0.388. The molecule has 4 amide bonds. The minimum Gasteiger partial charge on any atom is -0.368 e. The van der Waals surface area contributed by atoms with Crippen molar-refractivity contribution >= 4 is 35.1 Å². The molecule has 47 heavy (non-hydrogen) atoms. The fraction of sp³-hybridized carbons (Fsp3) is 0.618. The first-order valence-electron chi connectivity index (χ1n) is 17.2. The highest BCUT2D eigenvalue weighted by Gasteiger charge is 2.32. The fourth-order valence-corrected chi connectivity index (χ4v) is 7.23. The molecular formula is C34H47N9O4. The van der Waals surface area contributed by atoms with E-state index in [0.29, 0.717) is 23.7 Å². The number of nitrogens with one attached hydrogen (secondary N) is 2. The van der Waals surface area contributed by atoms with Crippen LogP contribution >= 0.6 is 0 Å². The molecule has 0 spiro atoms. The molecule has 6 rings (SSSR count). The Labute approximate surface area is 276 Å². The summed E-state index contributed by atoms with van der Waals surface area (Å²) in [6, 6.07) is 7.28. The van der Waals surface area contributed by atoms with Crippen LogP contribution in [0.15, 0.2) is 30.5 Å². The van der Waals surface area contributed by atoms with Gasteiger partial charge < -0.3 is 20.0 Å². The lowest BCUT2D eigenvalue weighted by Crippen LogP contribution is -2.53. The number of anilines is 2. The fourth-order valence-electron chi connectivity index (χ4n) is 7.23. The highest BCUT2D eigenvalue weighted by Crippen LogP contribution is 2.24. The smallest absolute Gasteiger partial charge is 0.272 e. The molecule has 2 N–H and O–H groups in total. The van der Waals surface area contributed by atoms with Crippen LogP contribution in [0.5, 0.6) is 0 Å². The monoisotopic (exact) mass is 645 g/mol. The summed E-state index contributed by atoms with van der Waals surface area (Å²) in [4.78, 5) is 62.1. The van der Waals surface area contributed by atoms with Gasteiger partial charge in [0.15, 0.2) is 11.5 Å². The van der Waals surface area contributed by atoms with Gasteiger partial charge in [-0.3, -0.25) is 34.4 Å². The van der Waals surface area contributed by atoms with Crippen molar-refractivity contribution in [3.63, 3.8) is 0 Å². The minimum absolute atomic E-state index is 0.108. The van der Waals surface area contributed by atoms with Crippen molar-refractivity contribution in [3.05, 3.63) is 41.9 Å². The summed E-state index contributed by atoms with van der Waals surface area (Å²) in [7, 11) is 1.60. The summed E-state index contributed by atoms with van der Waals surface area (Å²) < 4.78 is 0. The minimum atomic E-state index is -0.624. The number of aromatic nitrogens is 3. The lowest BCUT2D eigenvalue weighted by atomic mass is 9.95. The van der Waals surface area contributed by atoms with Crippen LogP contribution in [0.2, 0.25) is 0 Å². The second-order valence-electron chi connectivity index (χ2n) is 13.5. The Hall–Kier alpha value is -4.13. The van der Waals surface area contributed by atoms with Crippen LogP contribution in [0.4, 0.5) is 11.5 Å². The third-order valence-corrected chi connectivity index (χ3v) is 10.2. The molecule has 13 heteroatoms. The van der Waals surface area contributed by atoms with Gasteiger partial charge in [0, 0.05) is 71.0 Å². The van der Waals surface area contributed by atoms with Gasteiger partial charge in [-0.15, -0.1) is 10.2 Å². The number of likely N-dealkylation sites (N-methyl/N-ethyl adjacent to an activating group) is 1. The SMILES string of the molecule is CN(C(=O)Cc1ccc(N2CCN(CC3CCN(c4ccc(C(=O)NC5CCCCC5)nn4)CC3)CC2)cn1)C1CCC(=O)NC1=O. The molecule has 3 saturated heterocycles. The average molecular weight is 646 g/mol. The van der Waals surface area contributed by atoms with Crippen molar-refractivity contribution in [2.45, 2.75) is 76.3 Å². The Bertz CT molecular complexity index is 1400. The van der Waals surface area contributed by atoms with E-state index < -0.39 is 11.9 Å². The lowest BCUT2D eigenvalue weighted by Gasteiger charge is -2.39. The van der Waals surface area contributed by atoms with Crippen LogP contribution in [0.1, 0.15) is 74.0 Å². The summed E-state index contributed by atoms with van der Waals surface area (Å²) in [5.41, 5.74) is 2.10. The third-order valence-electron chi connectivity index (χ3n) is 10.2. The maximum atomic E-state index is 12.8. The zero-order valence-corrected chi connectivity index (χ0v) is 27.4. The molecule has 1 atom stereocenters. The van der Waals surface area contributed by atoms with Crippen LogP contribution in [0.3, 0.4) is 0 Å². The molecule has 1 saturated carbocycles. The summed E-state index contributed by atoms with van der Waals surface area (Å²) >= 11 is 0. The maximum Gasteiger partial charge on any atom is 0.272 e. The topological polar surface area (TPSA) is 144 Å². The zero-order valence-electron chi connectivity index (χ0n) is 27.4. The Morgan fingerprint density at radius 3 is 2.32 bits per heavy atom. The van der Waals surface area contributed by atoms with Gasteiger partial charge in [0.2, 0.25) is 17.7 Å². The summed E-state index contributed by atoms with van der Waals surface area (Å²) in [5.74, 6) is 0.459. The van der Waals surface area contributed by atoms with Crippen LogP contribution in [0, 0.1) is 5.92 Å². The molecule has 3 aliphatic heterocycles. The molecule has 252 valence electrons. The van der Waals surface area contributed by atoms with Gasteiger partial charge in [-0.05, 0) is 62.3 Å². The number of rotatable bonds is 9. The van der Waals surface area contributed by atoms with E-state index in [1.165, 1.54) is 24.2 Å². The molecule has 4 aliphatic rings. The van der Waals surface area contributed by atoms with Gasteiger partial charge in [0.05, 0.1) is 18.3 Å². The number of amides is 4. The van der Waals surface area contributed by atoms with Gasteiger partial charge in [0.1, 0.15) is 6.04 Å². The van der Waals surface area contributed by atoms with Gasteiger partial charge in [-0.25, -0.2) is 0 Å². The largest absolute Gasteiger partial charge is 0.368 e. The second kappa shape index (κ2) is 15.2. The lowest BCUT2D eigenvalue weighted by molar-refractivity contribution is -0.144. The number of carbonyl (C=O) groups excluding carboxylic acids is 4. The van der Waals surface area contributed by atoms with Gasteiger partial charge >= 0.3 is 0 Å². The van der Waals surface area contributed by atoms with Crippen molar-refractivity contribution in [3.8, 4) is 0 Å². The number of carbonyl (C=O) groups is 4. The Kier molecular flexibility index (Phi) is 10.6. The number of nitrogens with zero attached hydrogens (tertiary/aromatic N) is 7. The van der Waals surface area contributed by atoms with Crippen LogP contribution in [0.25, 0.3) is 0 Å². The second-order valence-corrected chi connectivity index (χ2v) is 13.5. The van der Waals surface area contributed by atoms with Crippen LogP contribution < -0.4 is 20.4 Å². The normalized spacial score (nSPS) is 21.8. The van der Waals surface area contributed by atoms with Gasteiger partial charge in [-0.2, -0.15) is 0 Å². The summed E-state index contributed by atoms with van der Waals surface area (Å²) in [6.07, 6.45) is 10.4. The zero-order chi connectivity index (χ0) is 32.8. The highest BCUT2D eigenvalue weighted by molar-refractivity contribution is 6.01. The highest BCUT2D eigenvalue weighted by atomic mass is 16.2. The Balaban J connectivity index is 0.898. The number of pyridine rings is 1. The van der Waals surface area contributed by atoms with Crippen LogP contribution in [-0.4, -0.2) is 114 Å². The number of piperazine rings is 1. The number of piperidine rings is 2. The molecule has 0 radical (unpaired) electrons. The Morgan fingerprint density at radius 1 is 0.894 bits per heavy atom. The van der Waals surface area contributed by atoms with E-state index in [1.54, 1.807) is 13.1 Å². The molecule has 4 fully saturated rings. The van der Waals surface area contributed by atoms with Crippen LogP contribution in [-0.2, 0) is 20.8 Å². The Morgan fingerprint density at radius 2 is 1.66 bits per heavy atom. The predicted molar refractivity (Wildman–Crippen MR) is 177 cm³/mol. The average Bonchev–Trinajstić information content (AvgIpc) is 3.09. The molecule has 2 aromatic heterocycles. The first-order valence-corrected chi connectivity index (χ1v) is 17.2. The van der Waals surface area contributed by atoms with E-state index in [-0.39, 0.29) is 36.6 Å². The van der Waals surface area contributed by atoms with Crippen molar-refractivity contribution in [2.75, 3.05) is 62.7 Å². The molecule has 1 unspecified atom stereocenters. The number of imide groups is 1. The van der Waals surface area contributed by atoms with Gasteiger partial charge in [-0.1, -0.05) is 19.3 Å². The van der Waals surface area contributed by atoms with E-state index in [9.17, 15) is 19.2 Å². The molecule has 1 aliphatic carbocycles. The summed E-state index contributed by atoms with van der Waals surface area (Å²) in [5, 5.41) is 14.1. The standard InChI is InChI=1S/C34H47N9O4/c1-40(29-10-12-31(44)37-34(29)47)32(45)21-26-7-8-27(22-35-26)42-19-17-41(18-20-42)23-24-13-15-43(16-14-24)30-11-9-28(38-39-30)33(46)36-25-5-3-2-4-6-25/h7-9,11,22,24-25,29H,2-6,10,12-21,23H2,1H3,(H,36,46)(H,37,44,47). The van der Waals surface area contributed by atoms with E-state index in [4.69, 9.17) is 0 Å². The molecule has 5 heterocycles. The maximum absolute atomic E-state index is 12.8. The van der Waals surface area contributed by atoms with Crippen molar-refractivity contribution < 1.29 is 19.2 Å². The van der Waals surface area contributed by atoms with E-state index in [2.05, 4.69) is 40.5 Å². The summed E-state index contributed by atoms with van der Waals surface area (Å²) in [6.45, 7) is 6.81. The number of hydrogen-bond donors (Lipinski definition) is 2. The first kappa shape index (κ1) is 32.8. The van der Waals surface area contributed by atoms with Gasteiger partial charge in [0.25, 0.3) is 5.91 Å². The van der Waals surface area contributed by atoms with E-state index in [0.717, 1.165) is 83.0 Å². The van der Waals surface area contributed by atoms with E-state index >= 15 is 0 Å². The van der Waals surface area contributed by atoms with E-state index in [1.807, 2.05) is 24.4 Å².